The highest BCUT2D eigenvalue weighted by Crippen LogP contribution is 2.33. The van der Waals surface area contributed by atoms with Gasteiger partial charge in [-0.1, -0.05) is 36.4 Å². The highest BCUT2D eigenvalue weighted by atomic mass is 19.1. The summed E-state index contributed by atoms with van der Waals surface area (Å²) in [6.45, 7) is 6.00. The summed E-state index contributed by atoms with van der Waals surface area (Å²) < 4.78 is 26.4. The highest BCUT2D eigenvalue weighted by Gasteiger charge is 2.34. The molecule has 4 aromatic heterocycles. The minimum Gasteiger partial charge on any atom is -0.478 e. The quantitative estimate of drug-likeness (QED) is 0.0612. The number of amides is 1. The molecule has 12 N–H and O–H groups in total. The lowest BCUT2D eigenvalue weighted by Crippen LogP contribution is -2.51. The number of nitrogens with zero attached hydrogens (tertiary/aromatic N) is 6. The number of carbonyl (C=O) groups is 2. The summed E-state index contributed by atoms with van der Waals surface area (Å²) in [5.41, 5.74) is 23.6. The number of rotatable bonds is 9. The van der Waals surface area contributed by atoms with Crippen molar-refractivity contribution in [1.82, 2.24) is 45.6 Å². The van der Waals surface area contributed by atoms with Crippen LogP contribution in [0.2, 0.25) is 0 Å². The number of aromatic carboxylic acids is 1. The Morgan fingerprint density at radius 3 is 1.76 bits per heavy atom. The molecule has 2 fully saturated rings. The number of aromatic amines is 2. The van der Waals surface area contributed by atoms with Crippen molar-refractivity contribution >= 4 is 57.0 Å². The van der Waals surface area contributed by atoms with Gasteiger partial charge in [-0.15, -0.1) is 0 Å². The molecule has 0 aliphatic heterocycles. The molecule has 1 amide bonds. The van der Waals surface area contributed by atoms with Crippen molar-refractivity contribution in [3.05, 3.63) is 131 Å². The van der Waals surface area contributed by atoms with Crippen LogP contribution in [0.15, 0.2) is 97.3 Å². The normalized spacial score (nSPS) is 18.7. The number of halogens is 2. The summed E-state index contributed by atoms with van der Waals surface area (Å²) in [5.74, 6) is -1.59. The molecule has 362 valence electrons. The maximum Gasteiger partial charge on any atom is 0.335 e. The molecular formula is C51H56F2N14O3. The maximum atomic E-state index is 13.8. The predicted octanol–water partition coefficient (Wildman–Crippen LogP) is 8.71. The van der Waals surface area contributed by atoms with Crippen LogP contribution in [0, 0.1) is 25.5 Å². The summed E-state index contributed by atoms with van der Waals surface area (Å²) >= 11 is 0. The lowest BCUT2D eigenvalue weighted by atomic mass is 9.80. The first-order valence-electron chi connectivity index (χ1n) is 23.1. The van der Waals surface area contributed by atoms with Crippen molar-refractivity contribution in [1.29, 1.82) is 0 Å². The fourth-order valence-electron chi connectivity index (χ4n) is 8.91. The van der Waals surface area contributed by atoms with E-state index in [0.29, 0.717) is 24.4 Å². The molecule has 17 nitrogen and oxygen atoms in total. The van der Waals surface area contributed by atoms with Crippen LogP contribution < -0.4 is 33.2 Å². The number of H-pyrrole nitrogens is 2. The SMILES string of the molecule is Cc1cnc(N[C@@H]2CCC[C@H](N)C2)nc1-c1n[nH]c2ccccc12.Cc1cnc(N[C@@H]2CCC[C@](C)(NC(=O)c3ccc(N)c(F)c3)C2)nc1-c1n[nH]c2ccccc12.Nc1ccc(C(=O)O)cc1F. The topological polar surface area (TPSA) is 277 Å². The predicted molar refractivity (Wildman–Crippen MR) is 268 cm³/mol. The van der Waals surface area contributed by atoms with E-state index in [4.69, 9.17) is 32.3 Å². The molecule has 2 aliphatic rings. The molecule has 0 saturated heterocycles. The second-order valence-electron chi connectivity index (χ2n) is 18.2. The number of nitrogens with two attached hydrogens (primary N) is 3. The molecule has 0 bridgehead atoms. The average molecular weight is 951 g/mol. The number of anilines is 4. The number of fused-ring (bicyclic) bond motifs is 2. The largest absolute Gasteiger partial charge is 0.478 e. The van der Waals surface area contributed by atoms with Crippen LogP contribution >= 0.6 is 0 Å². The van der Waals surface area contributed by atoms with E-state index in [-0.39, 0.29) is 40.5 Å². The zero-order valence-electron chi connectivity index (χ0n) is 39.1. The van der Waals surface area contributed by atoms with E-state index in [2.05, 4.69) is 52.4 Å². The van der Waals surface area contributed by atoms with E-state index in [0.717, 1.165) is 107 Å². The van der Waals surface area contributed by atoms with Gasteiger partial charge >= 0.3 is 5.97 Å². The smallest absolute Gasteiger partial charge is 0.335 e. The molecule has 4 heterocycles. The fraction of sp³-hybridized carbons (Fsp3) is 0.294. The second kappa shape index (κ2) is 21.1. The number of hydrogen-bond donors (Lipinski definition) is 9. The molecule has 70 heavy (non-hydrogen) atoms. The molecule has 0 radical (unpaired) electrons. The van der Waals surface area contributed by atoms with Crippen LogP contribution in [-0.4, -0.2) is 81.0 Å². The Morgan fingerprint density at radius 2 is 1.21 bits per heavy atom. The fourth-order valence-corrected chi connectivity index (χ4v) is 8.91. The van der Waals surface area contributed by atoms with Gasteiger partial charge in [0.25, 0.3) is 5.91 Å². The number of carboxylic acid groups (broad SMARTS) is 1. The molecular weight excluding hydrogens is 895 g/mol. The van der Waals surface area contributed by atoms with E-state index in [9.17, 15) is 18.4 Å². The van der Waals surface area contributed by atoms with Crippen LogP contribution in [-0.2, 0) is 0 Å². The third kappa shape index (κ3) is 11.4. The molecule has 10 rings (SSSR count). The second-order valence-corrected chi connectivity index (χ2v) is 18.2. The number of aryl methyl sites for hydroxylation is 2. The first kappa shape index (κ1) is 48.4. The van der Waals surface area contributed by atoms with Crippen LogP contribution in [0.1, 0.15) is 90.1 Å². The molecule has 19 heteroatoms. The Hall–Kier alpha value is -8.06. The summed E-state index contributed by atoms with van der Waals surface area (Å²) in [7, 11) is 0. The van der Waals surface area contributed by atoms with Crippen LogP contribution in [0.5, 0.6) is 0 Å². The minimum atomic E-state index is -1.16. The van der Waals surface area contributed by atoms with Gasteiger partial charge in [0.05, 0.1) is 39.4 Å². The Balaban J connectivity index is 0.000000162. The van der Waals surface area contributed by atoms with Crippen molar-refractivity contribution < 1.29 is 23.5 Å². The third-order valence-corrected chi connectivity index (χ3v) is 12.6. The van der Waals surface area contributed by atoms with Crippen LogP contribution in [0.3, 0.4) is 0 Å². The zero-order valence-corrected chi connectivity index (χ0v) is 39.1. The van der Waals surface area contributed by atoms with Gasteiger partial charge in [-0.05, 0) is 132 Å². The summed E-state index contributed by atoms with van der Waals surface area (Å²) in [6.07, 6.45) is 11.4. The number of para-hydroxylation sites is 2. The molecule has 4 atom stereocenters. The Bertz CT molecular complexity index is 3160. The molecule has 2 aliphatic carbocycles. The monoisotopic (exact) mass is 950 g/mol. The summed E-state index contributed by atoms with van der Waals surface area (Å²) in [4.78, 5) is 41.5. The Morgan fingerprint density at radius 1 is 0.700 bits per heavy atom. The van der Waals surface area contributed by atoms with E-state index in [1.54, 1.807) is 6.20 Å². The van der Waals surface area contributed by atoms with Gasteiger partial charge in [0.1, 0.15) is 23.0 Å². The highest BCUT2D eigenvalue weighted by molar-refractivity contribution is 5.95. The standard InChI is InChI=1S/C26H28FN7O.C18H22N6.C7H6FNO2/c1-15-14-29-25(31-22(15)23-18-7-3-4-8-21(18)33-34-23)30-17-6-5-11-26(2,13-17)32-24(35)16-9-10-20(28)19(27)12-16;1-11-10-20-18(21-13-6-4-5-12(19)9-13)22-16(11)17-14-7-2-3-8-15(14)23-24-17;8-5-3-4(7(10)11)1-2-6(5)9/h3-4,7-10,12,14,17H,5-6,11,13,28H2,1-2H3,(H,32,35)(H,33,34)(H,29,30,31);2-3,7-8,10,12-13H,4-6,9,19H2,1H3,(H,23,24)(H,20,21,22);1-3H,9H2,(H,10,11)/t17-,26+;12-,13+;/m10./s1. The van der Waals surface area contributed by atoms with E-state index in [1.807, 2.05) is 69.4 Å². The average Bonchev–Trinajstić information content (AvgIpc) is 3.97. The molecule has 0 spiro atoms. The van der Waals surface area contributed by atoms with Crippen molar-refractivity contribution in [2.24, 2.45) is 5.73 Å². The zero-order chi connectivity index (χ0) is 49.5. The molecule has 4 aromatic carbocycles. The summed E-state index contributed by atoms with van der Waals surface area (Å²) in [6, 6.07) is 24.2. The summed E-state index contributed by atoms with van der Waals surface area (Å²) in [5, 5.41) is 35.6. The first-order valence-corrected chi connectivity index (χ1v) is 23.1. The Kier molecular flexibility index (Phi) is 14.6. The third-order valence-electron chi connectivity index (χ3n) is 12.6. The minimum absolute atomic E-state index is 0.0231. The number of benzene rings is 4. The van der Waals surface area contributed by atoms with E-state index < -0.39 is 23.1 Å². The van der Waals surface area contributed by atoms with Crippen LogP contribution in [0.4, 0.5) is 32.1 Å². The van der Waals surface area contributed by atoms with Crippen molar-refractivity contribution in [2.45, 2.75) is 95.8 Å². The van der Waals surface area contributed by atoms with E-state index >= 15 is 0 Å². The number of nitrogen functional groups attached to an aromatic ring is 2. The van der Waals surface area contributed by atoms with Gasteiger partial charge < -0.3 is 38.3 Å². The Labute approximate surface area is 402 Å². The van der Waals surface area contributed by atoms with Crippen molar-refractivity contribution in [3.8, 4) is 22.8 Å². The van der Waals surface area contributed by atoms with Gasteiger partial charge in [-0.25, -0.2) is 33.5 Å². The number of carboxylic acids is 1. The van der Waals surface area contributed by atoms with Gasteiger partial charge in [0, 0.05) is 52.4 Å². The molecule has 0 unspecified atom stereocenters. The van der Waals surface area contributed by atoms with Crippen LogP contribution in [0.25, 0.3) is 44.6 Å². The lowest BCUT2D eigenvalue weighted by Gasteiger charge is -2.39. The van der Waals surface area contributed by atoms with Crippen molar-refractivity contribution in [2.75, 3.05) is 22.1 Å². The van der Waals surface area contributed by atoms with Gasteiger partial charge in [-0.3, -0.25) is 15.0 Å². The molecule has 2 saturated carbocycles. The van der Waals surface area contributed by atoms with Gasteiger partial charge in [-0.2, -0.15) is 10.2 Å². The number of aromatic nitrogens is 8. The number of hydrogen-bond acceptors (Lipinski definition) is 13. The lowest BCUT2D eigenvalue weighted by molar-refractivity contribution is 0.0695. The van der Waals surface area contributed by atoms with E-state index in [1.165, 1.54) is 30.3 Å². The molecule has 8 aromatic rings. The first-order chi connectivity index (χ1) is 33.6. The van der Waals surface area contributed by atoms with Gasteiger partial charge in [0.2, 0.25) is 11.9 Å². The number of carbonyl (C=O) groups excluding carboxylic acids is 1. The number of nitrogens with one attached hydrogen (secondary N) is 5. The van der Waals surface area contributed by atoms with Crippen molar-refractivity contribution in [3.63, 3.8) is 0 Å². The van der Waals surface area contributed by atoms with Gasteiger partial charge in [0.15, 0.2) is 0 Å². The maximum absolute atomic E-state index is 13.8.